The van der Waals surface area contributed by atoms with Gasteiger partial charge in [-0.05, 0) is 0 Å². The van der Waals surface area contributed by atoms with Crippen LogP contribution < -0.4 is 0 Å². The minimum atomic E-state index is -4.64. The van der Waals surface area contributed by atoms with Crippen molar-refractivity contribution in [3.05, 3.63) is 0 Å². The Balaban J connectivity index is -0.0000000133. The van der Waals surface area contributed by atoms with Gasteiger partial charge >= 0.3 is 7.82 Å². The summed E-state index contributed by atoms with van der Waals surface area (Å²) in [6, 6.07) is 0. The zero-order chi connectivity index (χ0) is 4.50. The molecule has 64 valence electrons. The summed E-state index contributed by atoms with van der Waals surface area (Å²) in [7, 11) is -4.64. The van der Waals surface area contributed by atoms with Crippen LogP contribution in [-0.4, -0.2) is 14.7 Å². The molecule has 0 spiro atoms. The van der Waals surface area contributed by atoms with Crippen LogP contribution in [0.1, 0.15) is 0 Å². The van der Waals surface area contributed by atoms with Gasteiger partial charge in [-0.3, -0.25) is 0 Å². The number of halogens is 4. The van der Waals surface area contributed by atoms with Gasteiger partial charge < -0.3 is 14.7 Å². The molecule has 0 saturated carbocycles. The first-order valence-electron chi connectivity index (χ1n) is 0.783. The summed E-state index contributed by atoms with van der Waals surface area (Å²) < 4.78 is 8.88. The maximum Gasteiger partial charge on any atom is 0.466 e. The fourth-order valence-corrected chi connectivity index (χ4v) is 0. The fraction of sp³-hybridized carbons (Fsp3) is 0. The molecule has 0 aliphatic carbocycles. The van der Waals surface area contributed by atoms with Crippen molar-refractivity contribution < 1.29 is 19.2 Å². The maximum absolute atomic E-state index is 8.88. The van der Waals surface area contributed by atoms with Gasteiger partial charge in [0.15, 0.2) is 0 Å². The minimum Gasteiger partial charge on any atom is -0.303 e. The third-order valence-corrected chi connectivity index (χ3v) is 0. The zero-order valence-electron chi connectivity index (χ0n) is 3.83. The quantitative estimate of drug-likeness (QED) is 0.549. The maximum atomic E-state index is 8.88. The van der Waals surface area contributed by atoms with Crippen LogP contribution in [0.4, 0.5) is 0 Å². The predicted molar refractivity (Wildman–Crippen MR) is 43.3 cm³/mol. The van der Waals surface area contributed by atoms with E-state index < -0.39 is 7.82 Å². The van der Waals surface area contributed by atoms with Gasteiger partial charge in [0.05, 0.1) is 0 Å². The van der Waals surface area contributed by atoms with Crippen LogP contribution in [0.3, 0.4) is 0 Å². The lowest BCUT2D eigenvalue weighted by molar-refractivity contribution is 0.275. The molecule has 0 rings (SSSR count). The molecule has 0 aromatic rings. The van der Waals surface area contributed by atoms with Crippen molar-refractivity contribution >= 4 is 57.5 Å². The Kier molecular flexibility index (Phi) is 42.4. The van der Waals surface area contributed by atoms with Crippen LogP contribution in [0.5, 0.6) is 0 Å². The molecule has 9 heteroatoms. The van der Waals surface area contributed by atoms with E-state index in [1.807, 2.05) is 0 Å². The number of hydrogen-bond acceptors (Lipinski definition) is 1. The Morgan fingerprint density at radius 2 is 0.778 bits per heavy atom. The fourth-order valence-electron chi connectivity index (χ4n) is 0. The minimum absolute atomic E-state index is 0. The normalized spacial score (nSPS) is 6.56. The molecule has 0 atom stereocenters. The van der Waals surface area contributed by atoms with Crippen LogP contribution in [-0.2, 0) is 4.57 Å². The van der Waals surface area contributed by atoms with Gasteiger partial charge in [0, 0.05) is 0 Å². The monoisotopic (exact) mass is 242 g/mol. The van der Waals surface area contributed by atoms with E-state index in [1.54, 1.807) is 0 Å². The predicted octanol–water partition coefficient (Wildman–Crippen LogP) is 0.759. The van der Waals surface area contributed by atoms with Crippen molar-refractivity contribution in [3.8, 4) is 0 Å². The molecule has 0 aliphatic heterocycles. The molecule has 4 nitrogen and oxygen atoms in total. The van der Waals surface area contributed by atoms with Crippen molar-refractivity contribution in [3.63, 3.8) is 0 Å². The van der Waals surface area contributed by atoms with Gasteiger partial charge in [-0.15, -0.1) is 49.6 Å². The lowest BCUT2D eigenvalue weighted by atomic mass is 15.8. The van der Waals surface area contributed by atoms with E-state index in [1.165, 1.54) is 0 Å². The van der Waals surface area contributed by atoms with Crippen LogP contribution >= 0.6 is 57.5 Å². The van der Waals surface area contributed by atoms with E-state index in [0.717, 1.165) is 0 Å². The summed E-state index contributed by atoms with van der Waals surface area (Å²) in [4.78, 5) is 21.6. The number of hydrogen-bond donors (Lipinski definition) is 3. The molecule has 0 saturated heterocycles. The molecule has 0 fully saturated rings. The highest BCUT2D eigenvalue weighted by Crippen LogP contribution is 2.25. The molecule has 0 amide bonds. The molecular weight excluding hydrogens is 237 g/mol. The second-order valence-electron chi connectivity index (χ2n) is 0.513. The molecule has 9 heavy (non-hydrogen) atoms. The standard InChI is InChI=1S/4ClH.H3O4P/c;;;;1-5(2,3)4/h4*1H;(H3,1,2,3,4). The van der Waals surface area contributed by atoms with Crippen LogP contribution in [0.25, 0.3) is 0 Å². The van der Waals surface area contributed by atoms with Gasteiger partial charge in [0.1, 0.15) is 0 Å². The summed E-state index contributed by atoms with van der Waals surface area (Å²) in [6.07, 6.45) is 0. The van der Waals surface area contributed by atoms with E-state index >= 15 is 0 Å². The molecule has 0 bridgehead atoms. The zero-order valence-corrected chi connectivity index (χ0v) is 7.99. The summed E-state index contributed by atoms with van der Waals surface area (Å²) in [5.74, 6) is 0. The average Bonchev–Trinajstić information content (AvgIpc) is 0.722. The topological polar surface area (TPSA) is 77.8 Å². The number of rotatable bonds is 0. The molecule has 0 radical (unpaired) electrons. The molecule has 0 aromatic carbocycles. The lowest BCUT2D eigenvalue weighted by Crippen LogP contribution is -1.66. The Morgan fingerprint density at radius 3 is 0.778 bits per heavy atom. The van der Waals surface area contributed by atoms with Gasteiger partial charge in [0.25, 0.3) is 0 Å². The van der Waals surface area contributed by atoms with Crippen LogP contribution in [0.15, 0.2) is 0 Å². The summed E-state index contributed by atoms with van der Waals surface area (Å²) >= 11 is 0. The molecule has 0 aromatic heterocycles. The molecular formula is H7Cl4O4P. The first-order valence-corrected chi connectivity index (χ1v) is 2.35. The second kappa shape index (κ2) is 12.0. The molecule has 0 heterocycles. The Hall–Kier alpha value is 1.27. The van der Waals surface area contributed by atoms with E-state index in [-0.39, 0.29) is 49.6 Å². The average molecular weight is 244 g/mol. The number of phosphoric acid groups is 1. The second-order valence-corrected chi connectivity index (χ2v) is 1.54. The lowest BCUT2D eigenvalue weighted by Gasteiger charge is -1.82. The Morgan fingerprint density at radius 1 is 0.778 bits per heavy atom. The van der Waals surface area contributed by atoms with Crippen molar-refractivity contribution in [2.24, 2.45) is 0 Å². The summed E-state index contributed by atoms with van der Waals surface area (Å²) in [5, 5.41) is 0. The van der Waals surface area contributed by atoms with Crippen LogP contribution in [0.2, 0.25) is 0 Å². The summed E-state index contributed by atoms with van der Waals surface area (Å²) in [5.41, 5.74) is 0. The molecule has 3 N–H and O–H groups in total. The third-order valence-electron chi connectivity index (χ3n) is 0. The van der Waals surface area contributed by atoms with Gasteiger partial charge in [-0.2, -0.15) is 0 Å². The van der Waals surface area contributed by atoms with Crippen molar-refractivity contribution in [1.29, 1.82) is 0 Å². The van der Waals surface area contributed by atoms with Gasteiger partial charge in [0.2, 0.25) is 0 Å². The molecule has 0 aliphatic rings. The van der Waals surface area contributed by atoms with Gasteiger partial charge in [-0.25, -0.2) is 4.57 Å². The highest BCUT2D eigenvalue weighted by molar-refractivity contribution is 7.45. The van der Waals surface area contributed by atoms with Crippen molar-refractivity contribution in [2.45, 2.75) is 0 Å². The first kappa shape index (κ1) is 31.8. The highest BCUT2D eigenvalue weighted by Gasteiger charge is 2.00. The van der Waals surface area contributed by atoms with E-state index in [2.05, 4.69) is 0 Å². The SMILES string of the molecule is Cl.Cl.Cl.Cl.O=P(O)(O)O. The van der Waals surface area contributed by atoms with Gasteiger partial charge in [-0.1, -0.05) is 0 Å². The highest BCUT2D eigenvalue weighted by atomic mass is 35.5. The Labute approximate surface area is 76.9 Å². The van der Waals surface area contributed by atoms with E-state index in [0.29, 0.717) is 0 Å². The smallest absolute Gasteiger partial charge is 0.303 e. The largest absolute Gasteiger partial charge is 0.466 e. The first-order chi connectivity index (χ1) is 2.00. The Bertz CT molecular complexity index is 58.7. The third kappa shape index (κ3) is 304. The van der Waals surface area contributed by atoms with Crippen molar-refractivity contribution in [2.75, 3.05) is 0 Å². The van der Waals surface area contributed by atoms with Crippen LogP contribution in [0, 0.1) is 0 Å². The van der Waals surface area contributed by atoms with E-state index in [4.69, 9.17) is 19.2 Å². The van der Waals surface area contributed by atoms with Crippen molar-refractivity contribution in [1.82, 2.24) is 0 Å². The van der Waals surface area contributed by atoms with E-state index in [9.17, 15) is 0 Å². The summed E-state index contributed by atoms with van der Waals surface area (Å²) in [6.45, 7) is 0. The molecule has 0 unspecified atom stereocenters.